The minimum absolute atomic E-state index is 0.0162. The molecular weight excluding hydrogens is 441 g/mol. The van der Waals surface area contributed by atoms with Crippen LogP contribution < -0.4 is 0 Å². The molecule has 1 heterocycles. The summed E-state index contributed by atoms with van der Waals surface area (Å²) < 4.78 is 48.2. The maximum Gasteiger partial charge on any atom is 0.417 e. The Morgan fingerprint density at radius 1 is 1.09 bits per heavy atom. The number of hydrogen-bond donors (Lipinski definition) is 0. The van der Waals surface area contributed by atoms with Gasteiger partial charge >= 0.3 is 6.18 Å². The van der Waals surface area contributed by atoms with Gasteiger partial charge in [0.1, 0.15) is 0 Å². The van der Waals surface area contributed by atoms with Crippen LogP contribution in [0.3, 0.4) is 0 Å². The fraction of sp³-hybridized carbons (Fsp3) is 0.444. The Labute approximate surface area is 198 Å². The summed E-state index contributed by atoms with van der Waals surface area (Å²) in [5.41, 5.74) is 3.11. The molecule has 176 valence electrons. The van der Waals surface area contributed by atoms with Crippen molar-refractivity contribution in [1.29, 1.82) is 0 Å². The lowest BCUT2D eigenvalue weighted by molar-refractivity contribution is -0.137. The molecule has 2 aromatic carbocycles. The fourth-order valence-electron chi connectivity index (χ4n) is 4.37. The first-order chi connectivity index (χ1) is 15.4. The largest absolute Gasteiger partial charge is 0.417 e. The van der Waals surface area contributed by atoms with E-state index in [9.17, 15) is 13.2 Å². The van der Waals surface area contributed by atoms with Crippen LogP contribution >= 0.6 is 11.9 Å². The normalized spacial score (nSPS) is 16.8. The number of alkyl halides is 3. The molecule has 0 amide bonds. The second-order valence-electron chi connectivity index (χ2n) is 10.6. The van der Waals surface area contributed by atoms with Gasteiger partial charge in [0.25, 0.3) is 0 Å². The van der Waals surface area contributed by atoms with E-state index in [1.54, 1.807) is 30.1 Å². The van der Waals surface area contributed by atoms with Crippen LogP contribution in [0.15, 0.2) is 53.1 Å². The number of nitrogens with zero attached hydrogens (tertiary/aromatic N) is 2. The number of fused-ring (bicyclic) bond motifs is 1. The molecule has 2 nitrogen and oxygen atoms in total. The van der Waals surface area contributed by atoms with Gasteiger partial charge in [-0.15, -0.1) is 0 Å². The third-order valence-electron chi connectivity index (χ3n) is 6.27. The Kier molecular flexibility index (Phi) is 6.19. The number of halogens is 3. The van der Waals surface area contributed by atoms with E-state index in [2.05, 4.69) is 38.5 Å². The van der Waals surface area contributed by atoms with E-state index >= 15 is 0 Å². The number of benzene rings is 2. The van der Waals surface area contributed by atoms with Crippen molar-refractivity contribution < 1.29 is 13.2 Å². The summed E-state index contributed by atoms with van der Waals surface area (Å²) in [5.74, 6) is 0. The molecule has 0 radical (unpaired) electrons. The van der Waals surface area contributed by atoms with Crippen LogP contribution in [0.2, 0.25) is 0 Å². The van der Waals surface area contributed by atoms with Gasteiger partial charge in [-0.2, -0.15) is 13.2 Å². The maximum atomic E-state index is 13.7. The number of aromatic nitrogens is 1. The topological polar surface area (TPSA) is 17.3 Å². The Balaban J connectivity index is 1.82. The van der Waals surface area contributed by atoms with Crippen LogP contribution in [0, 0.1) is 5.41 Å². The van der Waals surface area contributed by atoms with Crippen molar-refractivity contribution in [2.24, 2.45) is 9.81 Å². The predicted molar refractivity (Wildman–Crippen MR) is 134 cm³/mol. The zero-order chi connectivity index (χ0) is 24.0. The standard InChI is InChI=1S/C27H31F3N2S/c1-18(31-33-26(5)13-8-14-26)22-16-32(17-25(2,3)4)24-15-19(11-12-21(22)24)20-9-6-7-10-23(20)27(28,29)30/h6-7,9-12,15-16H,8,13-14,17H2,1-5H3/b31-18+. The quantitative estimate of drug-likeness (QED) is 0.268. The lowest BCUT2D eigenvalue weighted by atomic mass is 9.86. The molecule has 0 N–H and O–H groups in total. The third-order valence-corrected chi connectivity index (χ3v) is 7.49. The van der Waals surface area contributed by atoms with Crippen LogP contribution in [-0.2, 0) is 12.7 Å². The molecule has 1 fully saturated rings. The summed E-state index contributed by atoms with van der Waals surface area (Å²) >= 11 is 1.66. The van der Waals surface area contributed by atoms with E-state index in [4.69, 9.17) is 4.40 Å². The lowest BCUT2D eigenvalue weighted by Crippen LogP contribution is -2.28. The summed E-state index contributed by atoms with van der Waals surface area (Å²) in [4.78, 5) is 0. The van der Waals surface area contributed by atoms with Crippen LogP contribution in [0.5, 0.6) is 0 Å². The van der Waals surface area contributed by atoms with Crippen LogP contribution in [0.4, 0.5) is 13.2 Å². The molecule has 3 aromatic rings. The SMILES string of the molecule is C/C(=N\SC1(C)CCC1)c1cn(CC(C)(C)C)c2cc(-c3ccccc3C(F)(F)F)ccc12. The molecule has 1 saturated carbocycles. The van der Waals surface area contributed by atoms with Crippen molar-refractivity contribution in [3.8, 4) is 11.1 Å². The molecule has 1 aliphatic rings. The molecule has 0 atom stereocenters. The summed E-state index contributed by atoms with van der Waals surface area (Å²) in [7, 11) is 0. The highest BCUT2D eigenvalue weighted by Crippen LogP contribution is 2.44. The average Bonchev–Trinajstić information content (AvgIpc) is 3.06. The van der Waals surface area contributed by atoms with Gasteiger partial charge in [0.05, 0.1) is 11.3 Å². The molecule has 0 aliphatic heterocycles. The molecule has 1 aromatic heterocycles. The smallest absolute Gasteiger partial charge is 0.346 e. The van der Waals surface area contributed by atoms with E-state index in [1.165, 1.54) is 25.3 Å². The summed E-state index contributed by atoms with van der Waals surface area (Å²) in [6, 6.07) is 11.4. The van der Waals surface area contributed by atoms with Crippen molar-refractivity contribution in [1.82, 2.24) is 4.57 Å². The third kappa shape index (κ3) is 5.16. The summed E-state index contributed by atoms with van der Waals surface area (Å²) in [6.45, 7) is 11.5. The first-order valence-electron chi connectivity index (χ1n) is 11.4. The Hall–Kier alpha value is -2.21. The zero-order valence-corrected chi connectivity index (χ0v) is 20.7. The monoisotopic (exact) mass is 472 g/mol. The van der Waals surface area contributed by atoms with E-state index in [0.29, 0.717) is 5.56 Å². The molecule has 1 aliphatic carbocycles. The number of rotatable bonds is 5. The van der Waals surface area contributed by atoms with E-state index in [-0.39, 0.29) is 15.7 Å². The van der Waals surface area contributed by atoms with Crippen molar-refractivity contribution >= 4 is 28.6 Å². The van der Waals surface area contributed by atoms with Gasteiger partial charge in [0.2, 0.25) is 0 Å². The maximum absolute atomic E-state index is 13.7. The minimum Gasteiger partial charge on any atom is -0.346 e. The molecule has 0 bridgehead atoms. The minimum atomic E-state index is -4.40. The van der Waals surface area contributed by atoms with Crippen LogP contribution in [0.25, 0.3) is 22.0 Å². The zero-order valence-electron chi connectivity index (χ0n) is 19.9. The second-order valence-corrected chi connectivity index (χ2v) is 11.9. The Bertz CT molecular complexity index is 1190. The Morgan fingerprint density at radius 3 is 2.39 bits per heavy atom. The molecule has 0 saturated heterocycles. The summed E-state index contributed by atoms with van der Waals surface area (Å²) in [5, 5.41) is 1.02. The van der Waals surface area contributed by atoms with Gasteiger partial charge in [-0.3, -0.25) is 0 Å². The van der Waals surface area contributed by atoms with Crippen LogP contribution in [0.1, 0.15) is 65.0 Å². The van der Waals surface area contributed by atoms with E-state index in [1.807, 2.05) is 19.1 Å². The molecule has 33 heavy (non-hydrogen) atoms. The first kappa shape index (κ1) is 23.9. The number of hydrogen-bond acceptors (Lipinski definition) is 2. The van der Waals surface area contributed by atoms with E-state index < -0.39 is 11.7 Å². The van der Waals surface area contributed by atoms with Crippen LogP contribution in [-0.4, -0.2) is 15.0 Å². The predicted octanol–water partition coefficient (Wildman–Crippen LogP) is 8.77. The Morgan fingerprint density at radius 2 is 1.79 bits per heavy atom. The van der Waals surface area contributed by atoms with Gasteiger partial charge < -0.3 is 4.57 Å². The van der Waals surface area contributed by atoms with Gasteiger partial charge in [-0.1, -0.05) is 57.5 Å². The van der Waals surface area contributed by atoms with Gasteiger partial charge in [0, 0.05) is 34.0 Å². The average molecular weight is 473 g/mol. The highest BCUT2D eigenvalue weighted by molar-refractivity contribution is 7.99. The van der Waals surface area contributed by atoms with Crippen molar-refractivity contribution in [3.05, 3.63) is 59.8 Å². The molecule has 4 rings (SSSR count). The highest BCUT2D eigenvalue weighted by Gasteiger charge is 2.34. The van der Waals surface area contributed by atoms with Gasteiger partial charge in [-0.25, -0.2) is 4.40 Å². The first-order valence-corrected chi connectivity index (χ1v) is 12.2. The van der Waals surface area contributed by atoms with Crippen molar-refractivity contribution in [2.45, 2.75) is 71.3 Å². The molecule has 6 heteroatoms. The molecule has 0 spiro atoms. The summed E-state index contributed by atoms with van der Waals surface area (Å²) in [6.07, 6.45) is 1.33. The second kappa shape index (κ2) is 8.53. The van der Waals surface area contributed by atoms with E-state index in [0.717, 1.165) is 34.8 Å². The fourth-order valence-corrected chi connectivity index (χ4v) is 5.29. The lowest BCUT2D eigenvalue weighted by Gasteiger charge is -2.35. The highest BCUT2D eigenvalue weighted by atomic mass is 32.2. The molecular formula is C27H31F3N2S. The van der Waals surface area contributed by atoms with Gasteiger partial charge in [-0.05, 0) is 67.3 Å². The van der Waals surface area contributed by atoms with Crippen molar-refractivity contribution in [3.63, 3.8) is 0 Å². The van der Waals surface area contributed by atoms with Gasteiger partial charge in [0.15, 0.2) is 0 Å². The molecule has 0 unspecified atom stereocenters. The van der Waals surface area contributed by atoms with Crippen molar-refractivity contribution in [2.75, 3.05) is 0 Å².